The molecule has 0 bridgehead atoms. The van der Waals surface area contributed by atoms with E-state index >= 15 is 0 Å². The van der Waals surface area contributed by atoms with Crippen molar-refractivity contribution in [3.63, 3.8) is 0 Å². The largest absolute Gasteiger partial charge is 0.311 e. The van der Waals surface area contributed by atoms with Crippen LogP contribution in [0.5, 0.6) is 0 Å². The van der Waals surface area contributed by atoms with Crippen molar-refractivity contribution < 1.29 is 4.39 Å². The molecule has 1 saturated carbocycles. The molecule has 0 spiro atoms. The Morgan fingerprint density at radius 3 is 2.50 bits per heavy atom. The predicted octanol–water partition coefficient (Wildman–Crippen LogP) is 3.62. The molecule has 88 valence electrons. The lowest BCUT2D eigenvalue weighted by atomic mass is 9.95. The van der Waals surface area contributed by atoms with Crippen molar-refractivity contribution in [3.8, 4) is 0 Å². The Bertz CT molecular complexity index is 293. The lowest BCUT2D eigenvalue weighted by Gasteiger charge is -2.23. The van der Waals surface area contributed by atoms with Crippen molar-refractivity contribution in [1.29, 1.82) is 0 Å². The smallest absolute Gasteiger partial charge is 0.137 e. The SMILES string of the molecule is F[C@@H](CNC1CCCCC1)c1ccccc1. The molecule has 0 heterocycles. The summed E-state index contributed by atoms with van der Waals surface area (Å²) >= 11 is 0. The molecule has 1 fully saturated rings. The molecule has 0 amide bonds. The molecule has 2 rings (SSSR count). The maximum atomic E-state index is 13.8. The van der Waals surface area contributed by atoms with Gasteiger partial charge in [-0.15, -0.1) is 0 Å². The fourth-order valence-corrected chi connectivity index (χ4v) is 2.36. The molecule has 0 aliphatic heterocycles. The summed E-state index contributed by atoms with van der Waals surface area (Å²) < 4.78 is 13.8. The van der Waals surface area contributed by atoms with Gasteiger partial charge >= 0.3 is 0 Å². The van der Waals surface area contributed by atoms with E-state index < -0.39 is 6.17 Å². The second kappa shape index (κ2) is 6.00. The first-order chi connectivity index (χ1) is 7.86. The number of alkyl halides is 1. The Morgan fingerprint density at radius 2 is 1.81 bits per heavy atom. The van der Waals surface area contributed by atoms with E-state index in [1.165, 1.54) is 32.1 Å². The summed E-state index contributed by atoms with van der Waals surface area (Å²) in [7, 11) is 0. The molecule has 1 atom stereocenters. The quantitative estimate of drug-likeness (QED) is 0.818. The van der Waals surface area contributed by atoms with Crippen molar-refractivity contribution in [2.24, 2.45) is 0 Å². The third kappa shape index (κ3) is 3.31. The zero-order valence-corrected chi connectivity index (χ0v) is 9.66. The maximum Gasteiger partial charge on any atom is 0.137 e. The summed E-state index contributed by atoms with van der Waals surface area (Å²) in [6.07, 6.45) is 5.47. The Hall–Kier alpha value is -0.890. The number of hydrogen-bond acceptors (Lipinski definition) is 1. The van der Waals surface area contributed by atoms with E-state index in [1.54, 1.807) is 0 Å². The van der Waals surface area contributed by atoms with Crippen LogP contribution in [0.4, 0.5) is 4.39 Å². The highest BCUT2D eigenvalue weighted by Crippen LogP contribution is 2.20. The molecule has 1 aliphatic carbocycles. The van der Waals surface area contributed by atoms with Gasteiger partial charge in [-0.1, -0.05) is 49.6 Å². The highest BCUT2D eigenvalue weighted by molar-refractivity contribution is 5.17. The van der Waals surface area contributed by atoms with E-state index in [-0.39, 0.29) is 0 Å². The number of hydrogen-bond donors (Lipinski definition) is 1. The van der Waals surface area contributed by atoms with Gasteiger partial charge in [0.05, 0.1) is 0 Å². The summed E-state index contributed by atoms with van der Waals surface area (Å²) in [6, 6.07) is 9.95. The van der Waals surface area contributed by atoms with Crippen molar-refractivity contribution in [2.75, 3.05) is 6.54 Å². The Labute approximate surface area is 97.1 Å². The van der Waals surface area contributed by atoms with Crippen LogP contribution >= 0.6 is 0 Å². The predicted molar refractivity (Wildman–Crippen MR) is 65.2 cm³/mol. The molecule has 0 radical (unpaired) electrons. The molecule has 0 unspecified atom stereocenters. The normalized spacial score (nSPS) is 19.6. The molecule has 0 aromatic heterocycles. The monoisotopic (exact) mass is 221 g/mol. The van der Waals surface area contributed by atoms with Gasteiger partial charge in [-0.2, -0.15) is 0 Å². The van der Waals surface area contributed by atoms with E-state index in [0.717, 1.165) is 5.56 Å². The summed E-state index contributed by atoms with van der Waals surface area (Å²) in [4.78, 5) is 0. The van der Waals surface area contributed by atoms with E-state index in [9.17, 15) is 4.39 Å². The van der Waals surface area contributed by atoms with Crippen LogP contribution in [-0.4, -0.2) is 12.6 Å². The number of rotatable bonds is 4. The van der Waals surface area contributed by atoms with Gasteiger partial charge in [0, 0.05) is 12.6 Å². The lowest BCUT2D eigenvalue weighted by Crippen LogP contribution is -2.33. The van der Waals surface area contributed by atoms with Gasteiger partial charge in [-0.25, -0.2) is 4.39 Å². The van der Waals surface area contributed by atoms with Gasteiger partial charge in [-0.3, -0.25) is 0 Å². The third-order valence-electron chi connectivity index (χ3n) is 3.35. The molecule has 2 heteroatoms. The number of benzene rings is 1. The Balaban J connectivity index is 1.77. The van der Waals surface area contributed by atoms with Gasteiger partial charge < -0.3 is 5.32 Å². The van der Waals surface area contributed by atoms with E-state index in [0.29, 0.717) is 12.6 Å². The van der Waals surface area contributed by atoms with Gasteiger partial charge in [-0.05, 0) is 18.4 Å². The molecular formula is C14H20FN. The highest BCUT2D eigenvalue weighted by atomic mass is 19.1. The van der Waals surface area contributed by atoms with E-state index in [4.69, 9.17) is 0 Å². The minimum absolute atomic E-state index is 0.453. The third-order valence-corrected chi connectivity index (χ3v) is 3.35. The van der Waals surface area contributed by atoms with Crippen LogP contribution in [0.15, 0.2) is 30.3 Å². The lowest BCUT2D eigenvalue weighted by molar-refractivity contribution is 0.289. The minimum atomic E-state index is -0.872. The first kappa shape index (κ1) is 11.6. The second-order valence-corrected chi connectivity index (χ2v) is 4.62. The molecule has 1 aliphatic rings. The fourth-order valence-electron chi connectivity index (χ4n) is 2.36. The molecule has 1 nitrogen and oxygen atoms in total. The zero-order valence-electron chi connectivity index (χ0n) is 9.66. The van der Waals surface area contributed by atoms with Crippen LogP contribution in [0, 0.1) is 0 Å². The summed E-state index contributed by atoms with van der Waals surface area (Å²) in [5.41, 5.74) is 0.783. The molecule has 1 aromatic rings. The number of nitrogens with one attached hydrogen (secondary N) is 1. The maximum absolute atomic E-state index is 13.8. The van der Waals surface area contributed by atoms with Crippen LogP contribution < -0.4 is 5.32 Å². The Morgan fingerprint density at radius 1 is 1.12 bits per heavy atom. The molecule has 16 heavy (non-hydrogen) atoms. The van der Waals surface area contributed by atoms with Gasteiger partial charge in [0.2, 0.25) is 0 Å². The van der Waals surface area contributed by atoms with Gasteiger partial charge in [0.25, 0.3) is 0 Å². The van der Waals surface area contributed by atoms with Crippen molar-refractivity contribution in [2.45, 2.75) is 44.3 Å². The fraction of sp³-hybridized carbons (Fsp3) is 0.571. The van der Waals surface area contributed by atoms with E-state index in [2.05, 4.69) is 5.32 Å². The summed E-state index contributed by atoms with van der Waals surface area (Å²) in [5.74, 6) is 0. The average Bonchev–Trinajstić information content (AvgIpc) is 2.38. The highest BCUT2D eigenvalue weighted by Gasteiger charge is 2.15. The number of halogens is 1. The van der Waals surface area contributed by atoms with E-state index in [1.807, 2.05) is 30.3 Å². The van der Waals surface area contributed by atoms with Crippen LogP contribution in [0.1, 0.15) is 43.8 Å². The minimum Gasteiger partial charge on any atom is -0.311 e. The van der Waals surface area contributed by atoms with Crippen LogP contribution in [-0.2, 0) is 0 Å². The average molecular weight is 221 g/mol. The molecule has 0 saturated heterocycles. The van der Waals surface area contributed by atoms with Crippen molar-refractivity contribution >= 4 is 0 Å². The molecular weight excluding hydrogens is 201 g/mol. The second-order valence-electron chi connectivity index (χ2n) is 4.62. The Kier molecular flexibility index (Phi) is 4.34. The first-order valence-corrected chi connectivity index (χ1v) is 6.28. The first-order valence-electron chi connectivity index (χ1n) is 6.28. The van der Waals surface area contributed by atoms with Crippen LogP contribution in [0.3, 0.4) is 0 Å². The van der Waals surface area contributed by atoms with Crippen molar-refractivity contribution in [3.05, 3.63) is 35.9 Å². The molecule has 1 aromatic carbocycles. The zero-order chi connectivity index (χ0) is 11.2. The standard InChI is InChI=1S/C14H20FN/c15-14(12-7-3-1-4-8-12)11-16-13-9-5-2-6-10-13/h1,3-4,7-8,13-14,16H,2,5-6,9-11H2/t14-/m0/s1. The van der Waals surface area contributed by atoms with Gasteiger partial charge in [0.1, 0.15) is 6.17 Å². The van der Waals surface area contributed by atoms with Crippen LogP contribution in [0.25, 0.3) is 0 Å². The summed E-state index contributed by atoms with van der Waals surface area (Å²) in [6.45, 7) is 0.453. The van der Waals surface area contributed by atoms with Gasteiger partial charge in [0.15, 0.2) is 0 Å². The summed E-state index contributed by atoms with van der Waals surface area (Å²) in [5, 5.41) is 3.34. The van der Waals surface area contributed by atoms with Crippen molar-refractivity contribution in [1.82, 2.24) is 5.32 Å². The van der Waals surface area contributed by atoms with Crippen LogP contribution in [0.2, 0.25) is 0 Å². The topological polar surface area (TPSA) is 12.0 Å². The molecule has 1 N–H and O–H groups in total.